The fourth-order valence-electron chi connectivity index (χ4n) is 2.73. The van der Waals surface area contributed by atoms with Crippen molar-refractivity contribution in [3.8, 4) is 0 Å². The summed E-state index contributed by atoms with van der Waals surface area (Å²) in [6.45, 7) is 2.39. The lowest BCUT2D eigenvalue weighted by molar-refractivity contribution is -0.118. The van der Waals surface area contributed by atoms with Crippen LogP contribution in [-0.2, 0) is 11.8 Å². The molecule has 8 heteroatoms. The predicted molar refractivity (Wildman–Crippen MR) is 92.3 cm³/mol. The van der Waals surface area contributed by atoms with E-state index >= 15 is 0 Å². The lowest BCUT2D eigenvalue weighted by atomic mass is 10.2. The van der Waals surface area contributed by atoms with Crippen LogP contribution in [0.4, 0.5) is 16.3 Å². The summed E-state index contributed by atoms with van der Waals surface area (Å²) in [6.07, 6.45) is 0.555. The Morgan fingerprint density at radius 3 is 2.67 bits per heavy atom. The number of carbonyl (C=O) groups excluding carboxylic acids is 2. The molecule has 0 bridgehead atoms. The Morgan fingerprint density at radius 1 is 1.33 bits per heavy atom. The van der Waals surface area contributed by atoms with Crippen molar-refractivity contribution < 1.29 is 9.59 Å². The summed E-state index contributed by atoms with van der Waals surface area (Å²) in [5, 5.41) is 10.2. The van der Waals surface area contributed by atoms with Crippen molar-refractivity contribution in [1.29, 1.82) is 0 Å². The van der Waals surface area contributed by atoms with Gasteiger partial charge in [-0.15, -0.1) is 0 Å². The second-order valence-electron chi connectivity index (χ2n) is 5.70. The maximum atomic E-state index is 12.5. The molecule has 3 amide bonds. The number of hydrogen-bond donors (Lipinski definition) is 2. The molecular formula is C16H18ClN5O2. The minimum absolute atomic E-state index is 0.131. The molecule has 126 valence electrons. The molecule has 0 radical (unpaired) electrons. The number of halogens is 1. The summed E-state index contributed by atoms with van der Waals surface area (Å²) in [7, 11) is 1.74. The van der Waals surface area contributed by atoms with Gasteiger partial charge in [-0.1, -0.05) is 11.6 Å². The van der Waals surface area contributed by atoms with Crippen LogP contribution in [0.2, 0.25) is 5.02 Å². The second-order valence-corrected chi connectivity index (χ2v) is 6.14. The van der Waals surface area contributed by atoms with Crippen LogP contribution in [0.3, 0.4) is 0 Å². The number of benzene rings is 1. The van der Waals surface area contributed by atoms with E-state index in [9.17, 15) is 9.59 Å². The monoisotopic (exact) mass is 347 g/mol. The molecule has 1 aliphatic heterocycles. The van der Waals surface area contributed by atoms with E-state index < -0.39 is 12.1 Å². The van der Waals surface area contributed by atoms with Gasteiger partial charge in [-0.05, 0) is 37.6 Å². The highest BCUT2D eigenvalue weighted by Crippen LogP contribution is 2.23. The molecule has 1 saturated heterocycles. The summed E-state index contributed by atoms with van der Waals surface area (Å²) < 4.78 is 1.57. The fraction of sp³-hybridized carbons (Fsp3) is 0.312. The Labute approximate surface area is 144 Å². The largest absolute Gasteiger partial charge is 0.326 e. The Kier molecular flexibility index (Phi) is 4.44. The van der Waals surface area contributed by atoms with E-state index in [2.05, 4.69) is 15.7 Å². The number of hydrogen-bond acceptors (Lipinski definition) is 3. The number of rotatable bonds is 3. The van der Waals surface area contributed by atoms with Crippen molar-refractivity contribution in [1.82, 2.24) is 15.1 Å². The molecule has 3 rings (SSSR count). The van der Waals surface area contributed by atoms with Gasteiger partial charge in [0.15, 0.2) is 0 Å². The molecule has 0 aliphatic carbocycles. The van der Waals surface area contributed by atoms with Crippen molar-refractivity contribution in [3.05, 3.63) is 41.0 Å². The van der Waals surface area contributed by atoms with Crippen molar-refractivity contribution in [3.63, 3.8) is 0 Å². The minimum atomic E-state index is -0.546. The molecule has 2 N–H and O–H groups in total. The molecule has 1 aromatic carbocycles. The van der Waals surface area contributed by atoms with E-state index in [-0.39, 0.29) is 5.91 Å². The van der Waals surface area contributed by atoms with Gasteiger partial charge in [0.05, 0.1) is 5.69 Å². The number of amides is 3. The van der Waals surface area contributed by atoms with Crippen LogP contribution in [0.5, 0.6) is 0 Å². The molecular weight excluding hydrogens is 330 g/mol. The number of anilines is 2. The smallest absolute Gasteiger partial charge is 0.321 e. The Bertz CT molecular complexity index is 771. The van der Waals surface area contributed by atoms with Gasteiger partial charge in [0.25, 0.3) is 0 Å². The zero-order chi connectivity index (χ0) is 17.3. The summed E-state index contributed by atoms with van der Waals surface area (Å²) in [6, 6.07) is 7.85. The van der Waals surface area contributed by atoms with Crippen LogP contribution >= 0.6 is 11.6 Å². The normalized spacial score (nSPS) is 17.2. The summed E-state index contributed by atoms with van der Waals surface area (Å²) >= 11 is 5.87. The first kappa shape index (κ1) is 16.3. The molecule has 24 heavy (non-hydrogen) atoms. The average Bonchev–Trinajstić information content (AvgIpc) is 3.03. The highest BCUT2D eigenvalue weighted by molar-refractivity contribution is 6.30. The van der Waals surface area contributed by atoms with Gasteiger partial charge in [-0.25, -0.2) is 4.79 Å². The van der Waals surface area contributed by atoms with Crippen molar-refractivity contribution in [2.24, 2.45) is 7.05 Å². The molecule has 2 aromatic rings. The third-order valence-electron chi connectivity index (χ3n) is 3.89. The molecule has 1 aromatic heterocycles. The highest BCUT2D eigenvalue weighted by Gasteiger charge is 2.33. The molecule has 0 spiro atoms. The van der Waals surface area contributed by atoms with E-state index in [0.717, 1.165) is 11.4 Å². The summed E-state index contributed by atoms with van der Waals surface area (Å²) in [4.78, 5) is 26.2. The van der Waals surface area contributed by atoms with E-state index in [1.807, 2.05) is 6.92 Å². The van der Waals surface area contributed by atoms with Gasteiger partial charge in [0.2, 0.25) is 5.91 Å². The Morgan fingerprint density at radius 2 is 2.04 bits per heavy atom. The first-order valence-electron chi connectivity index (χ1n) is 7.59. The van der Waals surface area contributed by atoms with Crippen molar-refractivity contribution in [2.75, 3.05) is 16.8 Å². The highest BCUT2D eigenvalue weighted by atomic mass is 35.5. The second kappa shape index (κ2) is 6.52. The number of nitrogens with one attached hydrogen (secondary N) is 2. The topological polar surface area (TPSA) is 79.3 Å². The number of carbonyl (C=O) groups is 2. The summed E-state index contributed by atoms with van der Waals surface area (Å²) in [5.41, 5.74) is 1.58. The third kappa shape index (κ3) is 3.35. The number of urea groups is 1. The molecule has 2 heterocycles. The third-order valence-corrected chi connectivity index (χ3v) is 4.14. The first-order chi connectivity index (χ1) is 11.4. The predicted octanol–water partition coefficient (Wildman–Crippen LogP) is 2.31. The molecule has 7 nitrogen and oxygen atoms in total. The van der Waals surface area contributed by atoms with Crippen LogP contribution in [-0.4, -0.2) is 34.3 Å². The van der Waals surface area contributed by atoms with Gasteiger partial charge in [-0.2, -0.15) is 5.10 Å². The van der Waals surface area contributed by atoms with Gasteiger partial charge in [0.1, 0.15) is 11.9 Å². The number of aromatic nitrogens is 2. The van der Waals surface area contributed by atoms with E-state index in [1.165, 1.54) is 0 Å². The Hall–Kier alpha value is -2.54. The number of nitrogens with zero attached hydrogens (tertiary/aromatic N) is 3. The standard InChI is InChI=1S/C16H18ClN5O2/c1-10-9-14(21(2)20-10)19-16(24)18-13-7-8-22(15(13)23)12-5-3-11(17)4-6-12/h3-6,9,13H,7-8H2,1-2H3,(H2,18,19,24). The van der Waals surface area contributed by atoms with Crippen LogP contribution in [0.1, 0.15) is 12.1 Å². The van der Waals surface area contributed by atoms with E-state index in [0.29, 0.717) is 23.8 Å². The lowest BCUT2D eigenvalue weighted by Crippen LogP contribution is -2.43. The maximum absolute atomic E-state index is 12.5. The van der Waals surface area contributed by atoms with Gasteiger partial charge < -0.3 is 10.2 Å². The molecule has 1 atom stereocenters. The first-order valence-corrected chi connectivity index (χ1v) is 7.97. The fourth-order valence-corrected chi connectivity index (χ4v) is 2.86. The SMILES string of the molecule is Cc1cc(NC(=O)NC2CCN(c3ccc(Cl)cc3)C2=O)n(C)n1. The van der Waals surface area contributed by atoms with Crippen molar-refractivity contribution in [2.45, 2.75) is 19.4 Å². The zero-order valence-corrected chi connectivity index (χ0v) is 14.2. The lowest BCUT2D eigenvalue weighted by Gasteiger charge is -2.17. The quantitative estimate of drug-likeness (QED) is 0.894. The van der Waals surface area contributed by atoms with Crippen molar-refractivity contribution >= 4 is 35.0 Å². The van der Waals surface area contributed by atoms with E-state index in [4.69, 9.17) is 11.6 Å². The zero-order valence-electron chi connectivity index (χ0n) is 13.4. The molecule has 0 saturated carbocycles. The maximum Gasteiger partial charge on any atom is 0.321 e. The van der Waals surface area contributed by atoms with Gasteiger partial charge in [-0.3, -0.25) is 14.8 Å². The van der Waals surface area contributed by atoms with Gasteiger partial charge >= 0.3 is 6.03 Å². The molecule has 1 aliphatic rings. The Balaban J connectivity index is 1.62. The molecule has 1 unspecified atom stereocenters. The van der Waals surface area contributed by atoms with Crippen LogP contribution in [0.25, 0.3) is 0 Å². The van der Waals surface area contributed by atoms with Gasteiger partial charge in [0, 0.05) is 30.4 Å². The molecule has 1 fully saturated rings. The number of aryl methyl sites for hydroxylation is 2. The van der Waals surface area contributed by atoms with Crippen LogP contribution in [0, 0.1) is 6.92 Å². The van der Waals surface area contributed by atoms with E-state index in [1.54, 1.807) is 47.0 Å². The minimum Gasteiger partial charge on any atom is -0.326 e. The average molecular weight is 348 g/mol. The van der Waals surface area contributed by atoms with Crippen LogP contribution in [0.15, 0.2) is 30.3 Å². The summed E-state index contributed by atoms with van der Waals surface area (Å²) in [5.74, 6) is 0.443. The van der Waals surface area contributed by atoms with Crippen LogP contribution < -0.4 is 15.5 Å².